The second-order valence-corrected chi connectivity index (χ2v) is 3.40. The molecular weight excluding hydrogens is 168 g/mol. The summed E-state index contributed by atoms with van der Waals surface area (Å²) in [5, 5.41) is 13.1. The van der Waals surface area contributed by atoms with E-state index in [9.17, 15) is 5.11 Å². The second kappa shape index (κ2) is 3.19. The summed E-state index contributed by atoms with van der Waals surface area (Å²) in [6, 6.07) is 0. The van der Waals surface area contributed by atoms with Crippen molar-refractivity contribution >= 4 is 0 Å². The van der Waals surface area contributed by atoms with Gasteiger partial charge >= 0.3 is 0 Å². The van der Waals surface area contributed by atoms with Crippen LogP contribution in [0.5, 0.6) is 0 Å². The van der Waals surface area contributed by atoms with Gasteiger partial charge in [-0.1, -0.05) is 11.1 Å². The van der Waals surface area contributed by atoms with Gasteiger partial charge in [0.05, 0.1) is 5.92 Å². The van der Waals surface area contributed by atoms with Crippen LogP contribution < -0.4 is 0 Å². The van der Waals surface area contributed by atoms with E-state index < -0.39 is 5.60 Å². The lowest BCUT2D eigenvalue weighted by Crippen LogP contribution is -2.17. The molecule has 0 spiro atoms. The van der Waals surface area contributed by atoms with E-state index in [4.69, 9.17) is 10.9 Å². The van der Waals surface area contributed by atoms with Gasteiger partial charge in [-0.3, -0.25) is 0 Å². The molecule has 0 radical (unpaired) electrons. The topological polar surface area (TPSA) is 59.2 Å². The summed E-state index contributed by atoms with van der Waals surface area (Å²) in [6.45, 7) is 4.95. The first-order valence-electron chi connectivity index (χ1n) is 3.97. The quantitative estimate of drug-likeness (QED) is 0.690. The lowest BCUT2D eigenvalue weighted by molar-refractivity contribution is 0.0661. The lowest BCUT2D eigenvalue weighted by Gasteiger charge is -2.09. The summed E-state index contributed by atoms with van der Waals surface area (Å²) in [7, 11) is 0. The standard InChI is InChI=1S/C9H12N2O2/c1-5-6(2)7-10-8(11-13-7)9(3,4)12/h1,6,12H,2-4H3/t6-/m1/s1. The van der Waals surface area contributed by atoms with E-state index in [-0.39, 0.29) is 11.7 Å². The molecule has 4 nitrogen and oxygen atoms in total. The number of hydrogen-bond acceptors (Lipinski definition) is 4. The molecule has 1 rings (SSSR count). The molecule has 0 fully saturated rings. The molecule has 0 aromatic carbocycles. The maximum absolute atomic E-state index is 9.52. The minimum Gasteiger partial charge on any atom is -0.382 e. The molecule has 0 aliphatic rings. The second-order valence-electron chi connectivity index (χ2n) is 3.40. The summed E-state index contributed by atoms with van der Waals surface area (Å²) in [4.78, 5) is 3.98. The molecule has 1 heterocycles. The molecule has 1 N–H and O–H groups in total. The smallest absolute Gasteiger partial charge is 0.241 e. The van der Waals surface area contributed by atoms with Gasteiger partial charge in [-0.2, -0.15) is 4.98 Å². The SMILES string of the molecule is C#C[C@@H](C)c1nc(C(C)(C)O)no1. The third-order valence-corrected chi connectivity index (χ3v) is 1.61. The van der Waals surface area contributed by atoms with Gasteiger partial charge in [-0.05, 0) is 20.8 Å². The lowest BCUT2D eigenvalue weighted by atomic mass is 10.1. The summed E-state index contributed by atoms with van der Waals surface area (Å²) < 4.78 is 4.88. The summed E-state index contributed by atoms with van der Waals surface area (Å²) in [6.07, 6.45) is 5.18. The Balaban J connectivity index is 2.95. The zero-order valence-electron chi connectivity index (χ0n) is 7.90. The minimum absolute atomic E-state index is 0.219. The Bertz CT molecular complexity index is 330. The molecule has 0 saturated heterocycles. The summed E-state index contributed by atoms with van der Waals surface area (Å²) >= 11 is 0. The first-order valence-corrected chi connectivity index (χ1v) is 3.97. The van der Waals surface area contributed by atoms with E-state index in [1.807, 2.05) is 0 Å². The number of aliphatic hydroxyl groups is 1. The van der Waals surface area contributed by atoms with Crippen LogP contribution in [0.4, 0.5) is 0 Å². The Labute approximate surface area is 77.0 Å². The van der Waals surface area contributed by atoms with Crippen molar-refractivity contribution in [1.29, 1.82) is 0 Å². The van der Waals surface area contributed by atoms with E-state index in [1.54, 1.807) is 20.8 Å². The molecule has 0 bridgehead atoms. The highest BCUT2D eigenvalue weighted by atomic mass is 16.5. The normalized spacial score (nSPS) is 13.8. The fraction of sp³-hybridized carbons (Fsp3) is 0.556. The van der Waals surface area contributed by atoms with Crippen molar-refractivity contribution < 1.29 is 9.63 Å². The zero-order chi connectivity index (χ0) is 10.1. The minimum atomic E-state index is -1.09. The van der Waals surface area contributed by atoms with E-state index in [0.29, 0.717) is 5.89 Å². The van der Waals surface area contributed by atoms with Gasteiger partial charge in [0.1, 0.15) is 5.60 Å². The molecule has 0 aliphatic carbocycles. The van der Waals surface area contributed by atoms with Gasteiger partial charge in [0.15, 0.2) is 0 Å². The molecule has 0 unspecified atom stereocenters. The number of hydrogen-bond donors (Lipinski definition) is 1. The van der Waals surface area contributed by atoms with Crippen molar-refractivity contribution in [1.82, 2.24) is 10.1 Å². The summed E-state index contributed by atoms with van der Waals surface area (Å²) in [5.74, 6) is 2.86. The van der Waals surface area contributed by atoms with Crippen molar-refractivity contribution in [2.75, 3.05) is 0 Å². The maximum Gasteiger partial charge on any atom is 0.241 e. The van der Waals surface area contributed by atoms with Crippen LogP contribution in [-0.2, 0) is 5.60 Å². The highest BCUT2D eigenvalue weighted by Crippen LogP contribution is 2.18. The van der Waals surface area contributed by atoms with Gasteiger partial charge in [-0.15, -0.1) is 6.42 Å². The number of aromatic nitrogens is 2. The first-order chi connectivity index (χ1) is 5.95. The third-order valence-electron chi connectivity index (χ3n) is 1.61. The van der Waals surface area contributed by atoms with Crippen LogP contribution in [0.2, 0.25) is 0 Å². The Kier molecular flexibility index (Phi) is 2.39. The largest absolute Gasteiger partial charge is 0.382 e. The van der Waals surface area contributed by atoms with Crippen molar-refractivity contribution in [2.45, 2.75) is 32.3 Å². The van der Waals surface area contributed by atoms with E-state index in [2.05, 4.69) is 16.1 Å². The molecule has 0 aliphatic heterocycles. The zero-order valence-corrected chi connectivity index (χ0v) is 7.90. The van der Waals surface area contributed by atoms with Gasteiger partial charge in [0.25, 0.3) is 0 Å². The highest BCUT2D eigenvalue weighted by molar-refractivity contribution is 5.09. The monoisotopic (exact) mass is 180 g/mol. The van der Waals surface area contributed by atoms with Crippen LogP contribution in [0.25, 0.3) is 0 Å². The van der Waals surface area contributed by atoms with Crippen LogP contribution in [0.15, 0.2) is 4.52 Å². The van der Waals surface area contributed by atoms with Crippen LogP contribution >= 0.6 is 0 Å². The molecule has 1 aromatic rings. The molecule has 1 aromatic heterocycles. The first kappa shape index (κ1) is 9.75. The fourth-order valence-electron chi connectivity index (χ4n) is 0.731. The van der Waals surface area contributed by atoms with Crippen LogP contribution in [-0.4, -0.2) is 15.2 Å². The Morgan fingerprint density at radius 3 is 2.62 bits per heavy atom. The predicted molar refractivity (Wildman–Crippen MR) is 46.8 cm³/mol. The van der Waals surface area contributed by atoms with E-state index in [1.165, 1.54) is 0 Å². The van der Waals surface area contributed by atoms with Crippen molar-refractivity contribution in [3.63, 3.8) is 0 Å². The van der Waals surface area contributed by atoms with E-state index >= 15 is 0 Å². The molecule has 70 valence electrons. The average Bonchev–Trinajstić information content (AvgIpc) is 2.50. The Hall–Kier alpha value is -1.34. The van der Waals surface area contributed by atoms with Crippen molar-refractivity contribution in [2.24, 2.45) is 0 Å². The van der Waals surface area contributed by atoms with Crippen LogP contribution in [0, 0.1) is 12.3 Å². The average molecular weight is 180 g/mol. The molecule has 4 heteroatoms. The third kappa shape index (κ3) is 2.07. The maximum atomic E-state index is 9.52. The molecule has 0 saturated carbocycles. The number of terminal acetylenes is 1. The van der Waals surface area contributed by atoms with Crippen molar-refractivity contribution in [3.05, 3.63) is 11.7 Å². The van der Waals surface area contributed by atoms with Crippen LogP contribution in [0.3, 0.4) is 0 Å². The predicted octanol–water partition coefficient (Wildman–Crippen LogP) is 1.03. The Morgan fingerprint density at radius 1 is 1.62 bits per heavy atom. The molecule has 0 amide bonds. The Morgan fingerprint density at radius 2 is 2.23 bits per heavy atom. The molecule has 1 atom stereocenters. The molecular formula is C9H12N2O2. The van der Waals surface area contributed by atoms with Gasteiger partial charge in [0, 0.05) is 0 Å². The van der Waals surface area contributed by atoms with Gasteiger partial charge in [-0.25, -0.2) is 0 Å². The van der Waals surface area contributed by atoms with Gasteiger partial charge < -0.3 is 9.63 Å². The van der Waals surface area contributed by atoms with E-state index in [0.717, 1.165) is 0 Å². The van der Waals surface area contributed by atoms with Gasteiger partial charge in [0.2, 0.25) is 11.7 Å². The summed E-state index contributed by atoms with van der Waals surface area (Å²) in [5.41, 5.74) is -1.09. The fourth-order valence-corrected chi connectivity index (χ4v) is 0.731. The highest BCUT2D eigenvalue weighted by Gasteiger charge is 2.24. The van der Waals surface area contributed by atoms with Crippen molar-refractivity contribution in [3.8, 4) is 12.3 Å². The number of nitrogens with zero attached hydrogens (tertiary/aromatic N) is 2. The molecule has 13 heavy (non-hydrogen) atoms. The number of rotatable bonds is 2. The van der Waals surface area contributed by atoms with Crippen LogP contribution in [0.1, 0.15) is 38.4 Å².